The average Bonchev–Trinajstić information content (AvgIpc) is 2.65. The summed E-state index contributed by atoms with van der Waals surface area (Å²) in [4.78, 5) is 13.3. The van der Waals surface area contributed by atoms with Gasteiger partial charge in [0.2, 0.25) is 0 Å². The maximum absolute atomic E-state index is 12.1. The van der Waals surface area contributed by atoms with Gasteiger partial charge in [0.1, 0.15) is 6.54 Å². The van der Waals surface area contributed by atoms with Crippen molar-refractivity contribution in [3.8, 4) is 0 Å². The maximum atomic E-state index is 12.1. The van der Waals surface area contributed by atoms with Crippen LogP contribution in [0.3, 0.4) is 0 Å². The lowest BCUT2D eigenvalue weighted by Gasteiger charge is -2.25. The van der Waals surface area contributed by atoms with Crippen LogP contribution in [0.25, 0.3) is 0 Å². The zero-order valence-corrected chi connectivity index (χ0v) is 11.0. The van der Waals surface area contributed by atoms with Gasteiger partial charge in [0.15, 0.2) is 11.3 Å². The van der Waals surface area contributed by atoms with Crippen molar-refractivity contribution in [3.63, 3.8) is 0 Å². The van der Waals surface area contributed by atoms with Gasteiger partial charge in [-0.1, -0.05) is 11.8 Å². The summed E-state index contributed by atoms with van der Waals surface area (Å²) >= 11 is 7.80. The van der Waals surface area contributed by atoms with Gasteiger partial charge in [-0.15, -0.1) is 11.6 Å². The molecule has 3 N–H and O–H groups in total. The van der Waals surface area contributed by atoms with Crippen LogP contribution in [0.4, 0.5) is 0 Å². The zero-order valence-electron chi connectivity index (χ0n) is 9.45. The van der Waals surface area contributed by atoms with Gasteiger partial charge >= 0.3 is 0 Å². The summed E-state index contributed by atoms with van der Waals surface area (Å²) in [5.74, 6) is 1.73. The summed E-state index contributed by atoms with van der Waals surface area (Å²) in [6.45, 7) is 1.65. The van der Waals surface area contributed by atoms with E-state index in [1.54, 1.807) is 11.8 Å². The molecule has 1 saturated heterocycles. The van der Waals surface area contributed by atoms with E-state index in [-0.39, 0.29) is 11.4 Å². The monoisotopic (exact) mass is 263 g/mol. The molecular weight excluding hydrogens is 244 g/mol. The second kappa shape index (κ2) is 5.71. The van der Waals surface area contributed by atoms with Crippen LogP contribution >= 0.6 is 23.4 Å². The molecule has 0 bridgehead atoms. The first-order valence-electron chi connectivity index (χ1n) is 6.05. The fraction of sp³-hybridized carbons (Fsp3) is 0.909. The first kappa shape index (κ1) is 12.7. The molecule has 1 saturated carbocycles. The van der Waals surface area contributed by atoms with E-state index in [0.29, 0.717) is 17.7 Å². The second-order valence-electron chi connectivity index (χ2n) is 4.79. The molecule has 2 aliphatic rings. The SMILES string of the molecule is NC1SCC[NH+]1CC(=O)C1CCC(Cl)CC1. The minimum atomic E-state index is 0.105. The Balaban J connectivity index is 1.79. The van der Waals surface area contributed by atoms with Gasteiger partial charge in [0.25, 0.3) is 0 Å². The van der Waals surface area contributed by atoms with Crippen molar-refractivity contribution < 1.29 is 9.69 Å². The van der Waals surface area contributed by atoms with Gasteiger partial charge < -0.3 is 4.90 Å². The van der Waals surface area contributed by atoms with Gasteiger partial charge in [-0.25, -0.2) is 0 Å². The quantitative estimate of drug-likeness (QED) is 0.717. The number of hydrogen-bond acceptors (Lipinski definition) is 3. The Hall–Kier alpha value is 0.230. The molecule has 0 aromatic carbocycles. The van der Waals surface area contributed by atoms with Gasteiger partial charge in [-0.2, -0.15) is 0 Å². The molecule has 0 radical (unpaired) electrons. The molecule has 0 spiro atoms. The molecule has 2 fully saturated rings. The highest BCUT2D eigenvalue weighted by atomic mass is 35.5. The highest BCUT2D eigenvalue weighted by Crippen LogP contribution is 2.27. The highest BCUT2D eigenvalue weighted by Gasteiger charge is 2.32. The van der Waals surface area contributed by atoms with E-state index in [1.807, 2.05) is 0 Å². The lowest BCUT2D eigenvalue weighted by molar-refractivity contribution is -0.894. The van der Waals surface area contributed by atoms with E-state index < -0.39 is 0 Å². The smallest absolute Gasteiger partial charge is 0.189 e. The number of ketones is 1. The largest absolute Gasteiger partial charge is 0.305 e. The fourth-order valence-corrected chi connectivity index (χ4v) is 3.83. The van der Waals surface area contributed by atoms with Crippen LogP contribution in [0.2, 0.25) is 0 Å². The summed E-state index contributed by atoms with van der Waals surface area (Å²) < 4.78 is 0. The molecule has 2 rings (SSSR count). The molecule has 92 valence electrons. The number of alkyl halides is 1. The highest BCUT2D eigenvalue weighted by molar-refractivity contribution is 7.99. The third-order valence-electron chi connectivity index (χ3n) is 3.64. The van der Waals surface area contributed by atoms with Crippen molar-refractivity contribution in [3.05, 3.63) is 0 Å². The lowest BCUT2D eigenvalue weighted by atomic mass is 9.86. The lowest BCUT2D eigenvalue weighted by Crippen LogP contribution is -3.16. The van der Waals surface area contributed by atoms with E-state index in [1.165, 1.54) is 4.90 Å². The minimum Gasteiger partial charge on any atom is -0.305 e. The van der Waals surface area contributed by atoms with Crippen LogP contribution < -0.4 is 10.6 Å². The Labute approximate surface area is 106 Å². The topological polar surface area (TPSA) is 47.5 Å². The number of carbonyl (C=O) groups is 1. The summed E-state index contributed by atoms with van der Waals surface area (Å²) in [7, 11) is 0. The third-order valence-corrected chi connectivity index (χ3v) is 5.21. The summed E-state index contributed by atoms with van der Waals surface area (Å²) in [5.41, 5.74) is 6.04. The molecule has 0 aromatic heterocycles. The van der Waals surface area contributed by atoms with Crippen molar-refractivity contribution in [1.29, 1.82) is 0 Å². The maximum Gasteiger partial charge on any atom is 0.189 e. The predicted octanol–water partition coefficient (Wildman–Crippen LogP) is 0.227. The molecule has 2 atom stereocenters. The molecule has 3 nitrogen and oxygen atoms in total. The number of halogens is 1. The number of rotatable bonds is 3. The third kappa shape index (κ3) is 3.13. The number of Topliss-reactive ketones (excluding diaryl/α,β-unsaturated/α-hetero) is 1. The molecular formula is C11H20ClN2OS+. The first-order chi connectivity index (χ1) is 7.66. The Morgan fingerprint density at radius 3 is 2.62 bits per heavy atom. The van der Waals surface area contributed by atoms with Crippen molar-refractivity contribution in [1.82, 2.24) is 0 Å². The molecule has 5 heteroatoms. The number of nitrogens with two attached hydrogens (primary N) is 1. The molecule has 16 heavy (non-hydrogen) atoms. The number of hydrogen-bond donors (Lipinski definition) is 2. The first-order valence-corrected chi connectivity index (χ1v) is 7.54. The van der Waals surface area contributed by atoms with Gasteiger partial charge in [0, 0.05) is 17.0 Å². The van der Waals surface area contributed by atoms with Crippen LogP contribution in [0, 0.1) is 5.92 Å². The van der Waals surface area contributed by atoms with E-state index in [9.17, 15) is 4.79 Å². The number of thioether (sulfide) groups is 1. The molecule has 1 heterocycles. The van der Waals surface area contributed by atoms with Gasteiger partial charge in [-0.05, 0) is 25.7 Å². The Kier molecular flexibility index (Phi) is 4.53. The van der Waals surface area contributed by atoms with Gasteiger partial charge in [-0.3, -0.25) is 10.5 Å². The standard InChI is InChI=1S/C11H19ClN2OS/c12-9-3-1-8(2-4-9)10(15)7-14-5-6-16-11(14)13/h8-9,11H,1-7,13H2/p+1. The van der Waals surface area contributed by atoms with Crippen molar-refractivity contribution in [2.75, 3.05) is 18.8 Å². The average molecular weight is 264 g/mol. The van der Waals surface area contributed by atoms with E-state index in [4.69, 9.17) is 17.3 Å². The van der Waals surface area contributed by atoms with E-state index in [2.05, 4.69) is 0 Å². The molecule has 2 unspecified atom stereocenters. The van der Waals surface area contributed by atoms with Crippen molar-refractivity contribution >= 4 is 29.1 Å². The zero-order chi connectivity index (χ0) is 11.5. The summed E-state index contributed by atoms with van der Waals surface area (Å²) in [6, 6.07) is 0. The summed E-state index contributed by atoms with van der Waals surface area (Å²) in [6.07, 6.45) is 3.94. The number of nitrogens with one attached hydrogen (secondary N) is 1. The van der Waals surface area contributed by atoms with E-state index in [0.717, 1.165) is 38.0 Å². The van der Waals surface area contributed by atoms with E-state index >= 15 is 0 Å². The van der Waals surface area contributed by atoms with Crippen LogP contribution in [-0.2, 0) is 4.79 Å². The van der Waals surface area contributed by atoms with Crippen molar-refractivity contribution in [2.24, 2.45) is 11.7 Å². The Morgan fingerprint density at radius 1 is 1.38 bits per heavy atom. The Bertz CT molecular complexity index is 256. The second-order valence-corrected chi connectivity index (χ2v) is 6.66. The van der Waals surface area contributed by atoms with Crippen LogP contribution in [-0.4, -0.2) is 35.5 Å². The normalized spacial score (nSPS) is 39.9. The van der Waals surface area contributed by atoms with Gasteiger partial charge in [0.05, 0.1) is 6.54 Å². The van der Waals surface area contributed by atoms with Crippen LogP contribution in [0.1, 0.15) is 25.7 Å². The Morgan fingerprint density at radius 2 is 2.06 bits per heavy atom. The van der Waals surface area contributed by atoms with Crippen molar-refractivity contribution in [2.45, 2.75) is 36.6 Å². The molecule has 0 aromatic rings. The number of quaternary nitrogens is 1. The van der Waals surface area contributed by atoms with Crippen LogP contribution in [0.15, 0.2) is 0 Å². The molecule has 0 amide bonds. The van der Waals surface area contributed by atoms with Crippen LogP contribution in [0.5, 0.6) is 0 Å². The fourth-order valence-electron chi connectivity index (χ4n) is 2.51. The molecule has 1 aliphatic carbocycles. The predicted molar refractivity (Wildman–Crippen MR) is 67.7 cm³/mol. The minimum absolute atomic E-state index is 0.105. The number of carbonyl (C=O) groups excluding carboxylic acids is 1. The summed E-state index contributed by atoms with van der Waals surface area (Å²) in [5, 5.41) is 0.293. The molecule has 1 aliphatic heterocycles.